The molecule has 1 aliphatic heterocycles. The van der Waals surface area contributed by atoms with Crippen LogP contribution in [0.2, 0.25) is 0 Å². The minimum atomic E-state index is -0.797. The summed E-state index contributed by atoms with van der Waals surface area (Å²) < 4.78 is 5.95. The Morgan fingerprint density at radius 3 is 1.95 bits per heavy atom. The summed E-state index contributed by atoms with van der Waals surface area (Å²) in [5.74, 6) is 0.383. The van der Waals surface area contributed by atoms with Crippen LogP contribution in [-0.4, -0.2) is 47.8 Å². The van der Waals surface area contributed by atoms with Crippen molar-refractivity contribution in [1.29, 1.82) is 0 Å². The highest BCUT2D eigenvalue weighted by Gasteiger charge is 2.46. The third-order valence-electron chi connectivity index (χ3n) is 7.64. The molecular weight excluding hydrogens is 504 g/mol. The molecule has 0 aliphatic carbocycles. The normalized spacial score (nSPS) is 18.5. The summed E-state index contributed by atoms with van der Waals surface area (Å²) in [7, 11) is 1.70. The highest BCUT2D eigenvalue weighted by atomic mass is 16.3. The van der Waals surface area contributed by atoms with E-state index in [-0.39, 0.29) is 29.7 Å². The minimum absolute atomic E-state index is 0.190. The molecule has 3 N–H and O–H groups in total. The van der Waals surface area contributed by atoms with Gasteiger partial charge in [-0.1, -0.05) is 74.5 Å². The summed E-state index contributed by atoms with van der Waals surface area (Å²) in [5, 5.41) is 9.07. The zero-order chi connectivity index (χ0) is 28.8. The molecule has 2 aromatic carbocycles. The van der Waals surface area contributed by atoms with Crippen LogP contribution >= 0.6 is 0 Å². The maximum Gasteiger partial charge on any atom is 0.246 e. The van der Waals surface area contributed by atoms with Crippen molar-refractivity contribution in [2.24, 2.45) is 5.92 Å². The number of likely N-dealkylation sites (N-methyl/N-ethyl adjacent to an activating group) is 1. The van der Waals surface area contributed by atoms with Gasteiger partial charge in [-0.05, 0) is 62.9 Å². The second kappa shape index (κ2) is 13.0. The summed E-state index contributed by atoms with van der Waals surface area (Å²) in [6.45, 7) is 7.39. The summed E-state index contributed by atoms with van der Waals surface area (Å²) >= 11 is 0. The number of aryl methyl sites for hydroxylation is 1. The molecule has 1 fully saturated rings. The monoisotopic (exact) mass is 544 g/mol. The van der Waals surface area contributed by atoms with Gasteiger partial charge in [0.1, 0.15) is 23.6 Å². The molecule has 2 heterocycles. The molecule has 4 rings (SSSR count). The number of nitrogens with zero attached hydrogens (tertiary/aromatic N) is 1. The lowest BCUT2D eigenvalue weighted by Crippen LogP contribution is -2.57. The molecule has 0 saturated carbocycles. The zero-order valence-electron chi connectivity index (χ0n) is 23.9. The molecular formula is C32H40N4O4. The lowest BCUT2D eigenvalue weighted by Gasteiger charge is -2.35. The highest BCUT2D eigenvalue weighted by Crippen LogP contribution is 2.38. The fraction of sp³-hybridized carbons (Fsp3) is 0.406. The maximum absolute atomic E-state index is 14.2. The van der Waals surface area contributed by atoms with E-state index in [9.17, 15) is 14.4 Å². The third-order valence-corrected chi connectivity index (χ3v) is 7.64. The second-order valence-electron chi connectivity index (χ2n) is 10.8. The first-order chi connectivity index (χ1) is 19.2. The molecule has 212 valence electrons. The van der Waals surface area contributed by atoms with Crippen molar-refractivity contribution in [3.05, 3.63) is 95.4 Å². The Kier molecular flexibility index (Phi) is 9.42. The number of rotatable bonds is 10. The van der Waals surface area contributed by atoms with Crippen molar-refractivity contribution < 1.29 is 18.8 Å². The van der Waals surface area contributed by atoms with Gasteiger partial charge in [-0.25, -0.2) is 0 Å². The molecule has 8 nitrogen and oxygen atoms in total. The number of carbonyl (C=O) groups excluding carboxylic acids is 3. The summed E-state index contributed by atoms with van der Waals surface area (Å²) in [6, 6.07) is 20.5. The molecule has 3 amide bonds. The van der Waals surface area contributed by atoms with Crippen LogP contribution in [0.4, 0.5) is 0 Å². The van der Waals surface area contributed by atoms with Crippen molar-refractivity contribution in [3.63, 3.8) is 0 Å². The number of nitrogens with one attached hydrogen (secondary N) is 3. The van der Waals surface area contributed by atoms with Gasteiger partial charge in [0.05, 0.1) is 18.1 Å². The van der Waals surface area contributed by atoms with Gasteiger partial charge in [0.15, 0.2) is 0 Å². The lowest BCUT2D eigenvalue weighted by molar-refractivity contribution is -0.145. The average Bonchev–Trinajstić information content (AvgIpc) is 3.60. The van der Waals surface area contributed by atoms with Crippen molar-refractivity contribution in [1.82, 2.24) is 20.9 Å². The third kappa shape index (κ3) is 6.45. The van der Waals surface area contributed by atoms with E-state index >= 15 is 0 Å². The molecule has 4 atom stereocenters. The van der Waals surface area contributed by atoms with Crippen molar-refractivity contribution >= 4 is 17.7 Å². The smallest absolute Gasteiger partial charge is 0.246 e. The highest BCUT2D eigenvalue weighted by molar-refractivity contribution is 5.94. The Labute approximate surface area is 236 Å². The van der Waals surface area contributed by atoms with E-state index in [0.29, 0.717) is 18.6 Å². The SMILES string of the molecule is CNC(C)C(=O)NC(C(=O)N1[C@@H](c2ccc(C)o2)CC[C@H]1C(=O)NC(c1ccccc1)c1ccccc1)C(C)C. The predicted molar refractivity (Wildman–Crippen MR) is 154 cm³/mol. The van der Waals surface area contributed by atoms with E-state index in [1.807, 2.05) is 93.6 Å². The number of hydrogen-bond acceptors (Lipinski definition) is 5. The van der Waals surface area contributed by atoms with Gasteiger partial charge >= 0.3 is 0 Å². The lowest BCUT2D eigenvalue weighted by atomic mass is 9.98. The summed E-state index contributed by atoms with van der Waals surface area (Å²) in [6.07, 6.45) is 1.05. The molecule has 1 saturated heterocycles. The van der Waals surface area contributed by atoms with Crippen molar-refractivity contribution in [2.75, 3.05) is 7.05 Å². The summed E-state index contributed by atoms with van der Waals surface area (Å²) in [5.41, 5.74) is 1.90. The molecule has 0 bridgehead atoms. The van der Waals surface area contributed by atoms with Crippen molar-refractivity contribution in [2.45, 2.75) is 70.7 Å². The Hall–Kier alpha value is -3.91. The fourth-order valence-corrected chi connectivity index (χ4v) is 5.26. The molecule has 8 heteroatoms. The van der Waals surface area contributed by atoms with E-state index in [1.165, 1.54) is 0 Å². The number of hydrogen-bond donors (Lipinski definition) is 3. The van der Waals surface area contributed by atoms with Gasteiger partial charge in [-0.15, -0.1) is 0 Å². The maximum atomic E-state index is 14.2. The molecule has 1 aromatic heterocycles. The van der Waals surface area contributed by atoms with Gasteiger partial charge in [0.25, 0.3) is 0 Å². The largest absolute Gasteiger partial charge is 0.464 e. The molecule has 1 aliphatic rings. The first-order valence-corrected chi connectivity index (χ1v) is 14.0. The molecule has 40 heavy (non-hydrogen) atoms. The molecule has 0 radical (unpaired) electrons. The quantitative estimate of drug-likeness (QED) is 0.354. The first-order valence-electron chi connectivity index (χ1n) is 14.0. The predicted octanol–water partition coefficient (Wildman–Crippen LogP) is 4.27. The molecule has 3 aromatic rings. The Bertz CT molecular complexity index is 1250. The Morgan fingerprint density at radius 1 is 0.850 bits per heavy atom. The van der Waals surface area contributed by atoms with E-state index in [4.69, 9.17) is 4.42 Å². The Balaban J connectivity index is 1.67. The van der Waals surface area contributed by atoms with Crippen molar-refractivity contribution in [3.8, 4) is 0 Å². The van der Waals surface area contributed by atoms with Gasteiger partial charge in [0, 0.05) is 0 Å². The van der Waals surface area contributed by atoms with Gasteiger partial charge in [0.2, 0.25) is 17.7 Å². The van der Waals surface area contributed by atoms with Crippen LogP contribution in [0.25, 0.3) is 0 Å². The molecule has 0 spiro atoms. The van der Waals surface area contributed by atoms with E-state index in [0.717, 1.165) is 16.9 Å². The van der Waals surface area contributed by atoms with Crippen LogP contribution in [0.1, 0.15) is 68.3 Å². The van der Waals surface area contributed by atoms with E-state index in [1.54, 1.807) is 18.9 Å². The number of amides is 3. The van der Waals surface area contributed by atoms with Crippen LogP contribution in [0, 0.1) is 12.8 Å². The van der Waals surface area contributed by atoms with Crippen LogP contribution in [0.5, 0.6) is 0 Å². The number of carbonyl (C=O) groups is 3. The average molecular weight is 545 g/mol. The summed E-state index contributed by atoms with van der Waals surface area (Å²) in [4.78, 5) is 42.7. The number of likely N-dealkylation sites (tertiary alicyclic amines) is 1. The van der Waals surface area contributed by atoms with E-state index < -0.39 is 24.2 Å². The van der Waals surface area contributed by atoms with Crippen LogP contribution in [0.15, 0.2) is 77.2 Å². The zero-order valence-corrected chi connectivity index (χ0v) is 23.9. The molecule has 2 unspecified atom stereocenters. The second-order valence-corrected chi connectivity index (χ2v) is 10.8. The van der Waals surface area contributed by atoms with Gasteiger partial charge in [-0.2, -0.15) is 0 Å². The topological polar surface area (TPSA) is 104 Å². The van der Waals surface area contributed by atoms with Crippen LogP contribution in [-0.2, 0) is 14.4 Å². The minimum Gasteiger partial charge on any atom is -0.464 e. The van der Waals surface area contributed by atoms with Gasteiger partial charge in [-0.3, -0.25) is 14.4 Å². The Morgan fingerprint density at radius 2 is 1.45 bits per heavy atom. The number of benzene rings is 2. The van der Waals surface area contributed by atoms with Gasteiger partial charge < -0.3 is 25.3 Å². The standard InChI is InChI=1S/C32H40N4O4/c1-20(2)28(34-30(37)22(4)33-5)32(39)36-25(27-19-16-21(3)40-27)17-18-26(36)31(38)35-29(23-12-8-6-9-13-23)24-14-10-7-11-15-24/h6-16,19-20,22,25-26,28-29,33H,17-18H2,1-5H3,(H,34,37)(H,35,38)/t22?,25-,26+,28?/m1/s1. The first kappa shape index (κ1) is 29.1. The van der Waals surface area contributed by atoms with Crippen LogP contribution < -0.4 is 16.0 Å². The fourth-order valence-electron chi connectivity index (χ4n) is 5.26. The number of furan rings is 1. The van der Waals surface area contributed by atoms with E-state index in [2.05, 4.69) is 16.0 Å². The van der Waals surface area contributed by atoms with Crippen LogP contribution in [0.3, 0.4) is 0 Å².